The summed E-state index contributed by atoms with van der Waals surface area (Å²) < 4.78 is 53.0. The average Bonchev–Trinajstić information content (AvgIpc) is 3.80. The molecule has 390 valence electrons. The molecule has 0 spiro atoms. The maximum Gasteiger partial charge on any atom is 1.00 e. The number of carbonyl (C=O) groups excluding carboxylic acids is 4. The fourth-order valence-electron chi connectivity index (χ4n) is 11.2. The SMILES string of the molecule is CCCCC1(CC(C)=O)CCc2c(cc(F)c(OC)c2Cl)C1=O.CCCCC12CCc3c(cc(F)c(O)c3Cl)C1=C(Br)C(=O)C2.CCCCC12CCc3c(cc(F)c(OC)c3Cl)C1=CC(=O)C2.CCO.[K+].[OH-]. The molecule has 0 saturated carbocycles. The second-order valence-corrected chi connectivity index (χ2v) is 21.1. The van der Waals surface area contributed by atoms with Crippen LogP contribution in [-0.2, 0) is 33.6 Å². The number of ether oxygens (including phenoxy) is 2. The number of unbranched alkanes of at least 4 members (excludes halogenated alkanes) is 3. The number of phenolic OH excluding ortho intramolecular Hbond substituents is 1. The predicted octanol–water partition coefficient (Wildman–Crippen LogP) is 12.0. The van der Waals surface area contributed by atoms with E-state index in [1.54, 1.807) is 13.0 Å². The van der Waals surface area contributed by atoms with Crippen LogP contribution >= 0.6 is 50.7 Å². The van der Waals surface area contributed by atoms with Crippen molar-refractivity contribution in [1.82, 2.24) is 0 Å². The minimum absolute atomic E-state index is 0. The molecule has 0 bridgehead atoms. The summed E-state index contributed by atoms with van der Waals surface area (Å²) in [7, 11) is 2.77. The summed E-state index contributed by atoms with van der Waals surface area (Å²) in [5, 5.41) is 17.9. The number of methoxy groups -OCH3 is 2. The van der Waals surface area contributed by atoms with E-state index in [2.05, 4.69) is 29.8 Å². The molecule has 5 aliphatic rings. The number of phenols is 1. The van der Waals surface area contributed by atoms with Gasteiger partial charge in [0.25, 0.3) is 0 Å². The molecular formula is C55H66BrCl3F3KO9. The van der Waals surface area contributed by atoms with E-state index in [-0.39, 0.29) is 125 Å². The van der Waals surface area contributed by atoms with E-state index in [9.17, 15) is 37.5 Å². The van der Waals surface area contributed by atoms with Crippen LogP contribution in [0.15, 0.2) is 28.8 Å². The second-order valence-electron chi connectivity index (χ2n) is 19.2. The Morgan fingerprint density at radius 1 is 0.708 bits per heavy atom. The maximum atomic E-state index is 14.2. The average molecular weight is 1150 g/mol. The van der Waals surface area contributed by atoms with Gasteiger partial charge in [-0.25, -0.2) is 13.2 Å². The van der Waals surface area contributed by atoms with Crippen LogP contribution in [0, 0.1) is 33.7 Å². The van der Waals surface area contributed by atoms with Gasteiger partial charge in [0.15, 0.2) is 52.0 Å². The van der Waals surface area contributed by atoms with Gasteiger partial charge in [0, 0.05) is 47.7 Å². The largest absolute Gasteiger partial charge is 1.00 e. The van der Waals surface area contributed by atoms with Crippen LogP contribution in [0.2, 0.25) is 15.1 Å². The minimum atomic E-state index is -0.734. The van der Waals surface area contributed by atoms with E-state index in [0.717, 1.165) is 98.5 Å². The van der Waals surface area contributed by atoms with Gasteiger partial charge in [-0.3, -0.25) is 19.2 Å². The van der Waals surface area contributed by atoms with Crippen molar-refractivity contribution in [3.05, 3.63) is 94.7 Å². The van der Waals surface area contributed by atoms with Gasteiger partial charge in [-0.1, -0.05) is 94.1 Å². The number of rotatable bonds is 13. The molecule has 0 aromatic heterocycles. The van der Waals surface area contributed by atoms with E-state index in [1.165, 1.54) is 39.3 Å². The molecule has 0 amide bonds. The Balaban J connectivity index is 0.000000274. The van der Waals surface area contributed by atoms with Crippen molar-refractivity contribution in [1.29, 1.82) is 0 Å². The molecule has 3 N–H and O–H groups in total. The smallest absolute Gasteiger partial charge is 0.870 e. The van der Waals surface area contributed by atoms with Crippen molar-refractivity contribution in [2.45, 2.75) is 150 Å². The van der Waals surface area contributed by atoms with Gasteiger partial charge in [0.2, 0.25) is 0 Å². The van der Waals surface area contributed by atoms with Crippen LogP contribution in [0.1, 0.15) is 169 Å². The third-order valence-electron chi connectivity index (χ3n) is 14.6. The van der Waals surface area contributed by atoms with E-state index >= 15 is 0 Å². The van der Waals surface area contributed by atoms with E-state index < -0.39 is 28.6 Å². The predicted molar refractivity (Wildman–Crippen MR) is 277 cm³/mol. The summed E-state index contributed by atoms with van der Waals surface area (Å²) >= 11 is 22.1. The van der Waals surface area contributed by atoms with Crippen LogP contribution in [-0.4, -0.2) is 59.6 Å². The molecule has 3 unspecified atom stereocenters. The molecule has 3 atom stereocenters. The third-order valence-corrected chi connectivity index (χ3v) is 16.6. The van der Waals surface area contributed by atoms with Crippen LogP contribution in [0.3, 0.4) is 0 Å². The Kier molecular flexibility index (Phi) is 24.8. The summed E-state index contributed by atoms with van der Waals surface area (Å²) in [5.74, 6) is -2.21. The van der Waals surface area contributed by atoms with Crippen molar-refractivity contribution >= 4 is 85.0 Å². The van der Waals surface area contributed by atoms with Crippen LogP contribution in [0.4, 0.5) is 13.2 Å². The number of aliphatic hydroxyl groups is 1. The van der Waals surface area contributed by atoms with Crippen molar-refractivity contribution < 1.29 is 109 Å². The van der Waals surface area contributed by atoms with E-state index in [4.69, 9.17) is 49.4 Å². The number of benzene rings is 3. The molecule has 17 heteroatoms. The van der Waals surface area contributed by atoms with Gasteiger partial charge >= 0.3 is 51.4 Å². The molecule has 0 fully saturated rings. The van der Waals surface area contributed by atoms with Crippen molar-refractivity contribution in [2.75, 3.05) is 20.8 Å². The number of fused-ring (bicyclic) bond motifs is 7. The van der Waals surface area contributed by atoms with Crippen LogP contribution in [0.25, 0.3) is 11.1 Å². The van der Waals surface area contributed by atoms with Crippen molar-refractivity contribution in [3.8, 4) is 17.2 Å². The fourth-order valence-corrected chi connectivity index (χ4v) is 13.0. The number of halogens is 7. The zero-order valence-corrected chi connectivity index (χ0v) is 49.7. The third kappa shape index (κ3) is 13.2. The molecule has 9 nitrogen and oxygen atoms in total. The number of Topliss-reactive ketones (excluding diaryl/α,β-unsaturated/α-hetero) is 3. The monoisotopic (exact) mass is 1150 g/mol. The number of ketones is 4. The standard InChI is InChI=1S/C18H22ClFO3.C18H20ClFO2.C17H17BrClFO2.C2H6O.K.H2O/c1-4-5-7-18(10-11(2)21)8-6-12-13(17(18)22)9-14(20)16(23-3)15(12)19;1-3-4-6-18-7-5-12-13(14(18)8-11(21)10-18)9-15(20)17(22-2)16(12)19;1-2-3-5-17-6-4-9-10(7-11(20)16(22)15(9)19)13(17)14(18)12(21)8-17;1-2-3;;/h9H,4-8,10H2,1-3H3;8-9H,3-7,10H2,1-2H3;7,22H,2-6,8H2,1H3;3H,2H2,1H3;;1H2/q;;;;+1;/p-1. The van der Waals surface area contributed by atoms with Crippen molar-refractivity contribution in [2.24, 2.45) is 16.2 Å². The molecule has 8 rings (SSSR count). The second kappa shape index (κ2) is 27.8. The normalized spacial score (nSPS) is 21.0. The summed E-state index contributed by atoms with van der Waals surface area (Å²) in [5.41, 5.74) is 4.88. The van der Waals surface area contributed by atoms with Crippen LogP contribution in [0.5, 0.6) is 17.2 Å². The molecule has 3 aromatic carbocycles. The van der Waals surface area contributed by atoms with Gasteiger partial charge in [-0.05, 0) is 151 Å². The molecule has 0 radical (unpaired) electrons. The minimum Gasteiger partial charge on any atom is -0.870 e. The quantitative estimate of drug-likeness (QED) is 0.159. The first-order valence-electron chi connectivity index (χ1n) is 24.3. The first-order chi connectivity index (χ1) is 33.2. The first kappa shape index (κ1) is 64.2. The molecule has 72 heavy (non-hydrogen) atoms. The van der Waals surface area contributed by atoms with E-state index in [0.29, 0.717) is 64.7 Å². The zero-order chi connectivity index (χ0) is 51.9. The number of carbonyl (C=O) groups is 4. The Morgan fingerprint density at radius 2 is 1.17 bits per heavy atom. The number of aromatic hydroxyl groups is 1. The molecule has 5 aliphatic carbocycles. The molecule has 0 aliphatic heterocycles. The summed E-state index contributed by atoms with van der Waals surface area (Å²) in [6.45, 7) is 9.74. The molecule has 0 heterocycles. The Labute approximate surface area is 488 Å². The maximum absolute atomic E-state index is 14.2. The van der Waals surface area contributed by atoms with Gasteiger partial charge in [-0.2, -0.15) is 0 Å². The van der Waals surface area contributed by atoms with Gasteiger partial charge < -0.3 is 25.2 Å². The molecule has 0 saturated heterocycles. The number of hydrogen-bond acceptors (Lipinski definition) is 9. The summed E-state index contributed by atoms with van der Waals surface area (Å²) in [4.78, 5) is 49.1. The van der Waals surface area contributed by atoms with Gasteiger partial charge in [0.05, 0.1) is 33.8 Å². The summed E-state index contributed by atoms with van der Waals surface area (Å²) in [6.07, 6.45) is 15.8. The Bertz CT molecular complexity index is 2590. The molecular weight excluding hydrogens is 1090 g/mol. The number of hydrogen-bond donors (Lipinski definition) is 2. The Hall–Kier alpha value is -2.08. The van der Waals surface area contributed by atoms with E-state index in [1.807, 2.05) is 6.92 Å². The van der Waals surface area contributed by atoms with Gasteiger partial charge in [-0.15, -0.1) is 0 Å². The van der Waals surface area contributed by atoms with Crippen LogP contribution < -0.4 is 60.9 Å². The summed E-state index contributed by atoms with van der Waals surface area (Å²) in [6, 6.07) is 4.03. The first-order valence-corrected chi connectivity index (χ1v) is 26.3. The topological polar surface area (TPSA) is 157 Å². The number of allylic oxidation sites excluding steroid dienone is 4. The number of aliphatic hydroxyl groups excluding tert-OH is 1. The van der Waals surface area contributed by atoms with Gasteiger partial charge in [0.1, 0.15) is 5.78 Å². The zero-order valence-electron chi connectivity index (χ0n) is 42.7. The van der Waals surface area contributed by atoms with Crippen molar-refractivity contribution in [3.63, 3.8) is 0 Å². The Morgan fingerprint density at radius 3 is 1.69 bits per heavy atom. The fraction of sp³-hybridized carbons (Fsp3) is 0.527. The molecule has 3 aromatic rings.